The molecule has 18 heavy (non-hydrogen) atoms. The summed E-state index contributed by atoms with van der Waals surface area (Å²) in [5, 5.41) is 2.77. The fourth-order valence-electron chi connectivity index (χ4n) is 2.16. The van der Waals surface area contributed by atoms with E-state index < -0.39 is 7.29 Å². The highest BCUT2D eigenvalue weighted by Crippen LogP contribution is 2.53. The second-order valence-corrected chi connectivity index (χ2v) is 6.99. The first-order valence-electron chi connectivity index (χ1n) is 5.99. The van der Waals surface area contributed by atoms with E-state index in [1.807, 2.05) is 0 Å². The molecule has 2 aromatic rings. The molecule has 0 aliphatic rings. The summed E-state index contributed by atoms with van der Waals surface area (Å²) < 4.78 is 2.65. The number of hydrogen-bond donors (Lipinski definition) is 0. The van der Waals surface area contributed by atoms with Crippen LogP contribution in [0.3, 0.4) is 0 Å². The van der Waals surface area contributed by atoms with E-state index in [1.54, 1.807) is 0 Å². The van der Waals surface area contributed by atoms with Gasteiger partial charge in [0.2, 0.25) is 0 Å². The van der Waals surface area contributed by atoms with E-state index in [2.05, 4.69) is 74.4 Å². The van der Waals surface area contributed by atoms with Crippen LogP contribution in [0.1, 0.15) is 18.5 Å². The maximum absolute atomic E-state index is 2.65. The molecule has 0 aromatic heterocycles. The van der Waals surface area contributed by atoms with Crippen molar-refractivity contribution in [3.63, 3.8) is 0 Å². The van der Waals surface area contributed by atoms with Gasteiger partial charge in [-0.15, -0.1) is 0 Å². The van der Waals surface area contributed by atoms with Gasteiger partial charge in [-0.25, -0.2) is 4.67 Å². The van der Waals surface area contributed by atoms with Crippen LogP contribution in [0.4, 0.5) is 0 Å². The maximum Gasteiger partial charge on any atom is 0.144 e. The fraction of sp³-hybridized carbons (Fsp3) is 0.333. The molecular formula is C15H23BNP. The largest absolute Gasteiger partial charge is 0.221 e. The van der Waals surface area contributed by atoms with Crippen LogP contribution >= 0.6 is 7.29 Å². The molecule has 0 unspecified atom stereocenters. The van der Waals surface area contributed by atoms with E-state index >= 15 is 0 Å². The van der Waals surface area contributed by atoms with Crippen LogP contribution in [0.15, 0.2) is 42.5 Å². The van der Waals surface area contributed by atoms with Crippen LogP contribution in [0, 0.1) is 0 Å². The standard InChI is InChI=1S/C15H23BNP/c1-12(17(2)18(3,4)16)14-11-7-9-13-8-5-6-10-15(13)14/h5-12H,1-4,16H3/t12-/m0/s1. The van der Waals surface area contributed by atoms with Crippen LogP contribution in [0.25, 0.3) is 10.8 Å². The first kappa shape index (κ1) is 13.6. The molecule has 2 rings (SSSR count). The Morgan fingerprint density at radius 3 is 2.33 bits per heavy atom. The van der Waals surface area contributed by atoms with Gasteiger partial charge in [0, 0.05) is 20.4 Å². The van der Waals surface area contributed by atoms with Crippen molar-refractivity contribution in [3.05, 3.63) is 48.0 Å². The van der Waals surface area contributed by atoms with E-state index in [0.717, 1.165) is 0 Å². The van der Waals surface area contributed by atoms with Crippen LogP contribution in [-0.2, 0) is 0 Å². The molecule has 0 saturated heterocycles. The molecule has 0 radical (unpaired) electrons. The third-order valence-corrected chi connectivity index (χ3v) is 5.07. The van der Waals surface area contributed by atoms with Gasteiger partial charge < -0.3 is 0 Å². The zero-order chi connectivity index (χ0) is 13.3. The lowest BCUT2D eigenvalue weighted by molar-refractivity contribution is 0.440. The molecule has 1 atom stereocenters. The summed E-state index contributed by atoms with van der Waals surface area (Å²) in [6.45, 7) is 7.31. The average Bonchev–Trinajstić information content (AvgIpc) is 2.35. The minimum absolute atomic E-state index is 0.405. The predicted molar refractivity (Wildman–Crippen MR) is 88.8 cm³/mol. The lowest BCUT2D eigenvalue weighted by atomic mass is 10.00. The van der Waals surface area contributed by atoms with Crippen molar-refractivity contribution in [2.24, 2.45) is 0 Å². The van der Waals surface area contributed by atoms with E-state index in [-0.39, 0.29) is 0 Å². The lowest BCUT2D eigenvalue weighted by Crippen LogP contribution is -2.22. The Hall–Kier alpha value is -0.845. The first-order valence-corrected chi connectivity index (χ1v) is 8.18. The van der Waals surface area contributed by atoms with Crippen molar-refractivity contribution >= 4 is 25.6 Å². The number of fused-ring (bicyclic) bond motifs is 1. The molecule has 0 saturated carbocycles. The van der Waals surface area contributed by atoms with E-state index in [9.17, 15) is 0 Å². The summed E-state index contributed by atoms with van der Waals surface area (Å²) >= 11 is 0. The topological polar surface area (TPSA) is 3.24 Å². The van der Waals surface area contributed by atoms with Gasteiger partial charge in [0.05, 0.1) is 6.04 Å². The molecule has 1 nitrogen and oxygen atoms in total. The average molecular weight is 259 g/mol. The highest BCUT2D eigenvalue weighted by atomic mass is 31.2. The zero-order valence-electron chi connectivity index (χ0n) is 11.0. The summed E-state index contributed by atoms with van der Waals surface area (Å²) in [5.41, 5.74) is 1.48. The van der Waals surface area contributed by atoms with Gasteiger partial charge in [0.1, 0.15) is 7.57 Å². The molecule has 0 N–H and O–H groups in total. The second-order valence-electron chi connectivity index (χ2n) is 4.67. The Labute approximate surface area is 112 Å². The van der Waals surface area contributed by atoms with Gasteiger partial charge in [0.15, 0.2) is 0 Å². The molecular weight excluding hydrogens is 236 g/mol. The number of benzene rings is 2. The second kappa shape index (κ2) is 5.03. The Kier molecular flexibility index (Phi) is 3.80. The normalized spacial score (nSPS) is 14.1. The fourth-order valence-corrected chi connectivity index (χ4v) is 2.98. The number of nitrogens with zero attached hydrogens (tertiary/aromatic N) is 1. The first-order chi connectivity index (χ1) is 8.41. The molecule has 0 amide bonds. The van der Waals surface area contributed by atoms with Crippen molar-refractivity contribution in [2.45, 2.75) is 13.0 Å². The summed E-state index contributed by atoms with van der Waals surface area (Å²) in [6, 6.07) is 15.9. The summed E-state index contributed by atoms with van der Waals surface area (Å²) in [7, 11) is 2.00. The predicted octanol–water partition coefficient (Wildman–Crippen LogP) is 3.31. The minimum Gasteiger partial charge on any atom is -0.221 e. The number of hydrogen-bond acceptors (Lipinski definition) is 1. The van der Waals surface area contributed by atoms with Gasteiger partial charge in [0.25, 0.3) is 0 Å². The molecule has 0 spiro atoms. The summed E-state index contributed by atoms with van der Waals surface area (Å²) in [4.78, 5) is 0. The molecule has 0 aliphatic heterocycles. The molecule has 0 heterocycles. The van der Waals surface area contributed by atoms with Gasteiger partial charge in [-0.05, 0) is 23.3 Å². The maximum atomic E-state index is 2.65. The lowest BCUT2D eigenvalue weighted by Gasteiger charge is -2.36. The SMILES string of the molecule is [BH3-][P+](C)(C)N(C)[C@@H](C)c1cccc2ccccc12. The Balaban J connectivity index is 2.48. The highest BCUT2D eigenvalue weighted by molar-refractivity contribution is 7.94. The van der Waals surface area contributed by atoms with E-state index in [0.29, 0.717) is 13.6 Å². The summed E-state index contributed by atoms with van der Waals surface area (Å²) in [6.07, 6.45) is 0. The number of rotatable bonds is 3. The molecule has 3 heteroatoms. The van der Waals surface area contributed by atoms with Crippen molar-refractivity contribution in [1.82, 2.24) is 4.67 Å². The summed E-state index contributed by atoms with van der Waals surface area (Å²) in [5.74, 6) is 0. The van der Waals surface area contributed by atoms with Crippen LogP contribution in [-0.4, -0.2) is 32.6 Å². The highest BCUT2D eigenvalue weighted by Gasteiger charge is 2.25. The van der Waals surface area contributed by atoms with Crippen LogP contribution in [0.5, 0.6) is 0 Å². The monoisotopic (exact) mass is 259 g/mol. The van der Waals surface area contributed by atoms with Gasteiger partial charge >= 0.3 is 0 Å². The van der Waals surface area contributed by atoms with Crippen molar-refractivity contribution in [3.8, 4) is 0 Å². The van der Waals surface area contributed by atoms with Gasteiger partial charge in [-0.1, -0.05) is 49.8 Å². The Morgan fingerprint density at radius 1 is 1.06 bits per heavy atom. The molecule has 0 bridgehead atoms. The molecule has 2 aromatic carbocycles. The van der Waals surface area contributed by atoms with Gasteiger partial charge in [-0.3, -0.25) is 0 Å². The van der Waals surface area contributed by atoms with Crippen LogP contribution in [0.2, 0.25) is 0 Å². The van der Waals surface area contributed by atoms with Crippen molar-refractivity contribution < 1.29 is 0 Å². The van der Waals surface area contributed by atoms with Crippen molar-refractivity contribution in [1.29, 1.82) is 0 Å². The van der Waals surface area contributed by atoms with E-state index in [1.165, 1.54) is 16.3 Å². The van der Waals surface area contributed by atoms with E-state index in [4.69, 9.17) is 0 Å². The zero-order valence-corrected chi connectivity index (χ0v) is 11.9. The molecule has 96 valence electrons. The Morgan fingerprint density at radius 2 is 1.67 bits per heavy atom. The molecule has 0 fully saturated rings. The molecule has 0 aliphatic carbocycles. The minimum atomic E-state index is -0.723. The smallest absolute Gasteiger partial charge is 0.144 e. The third-order valence-electron chi connectivity index (χ3n) is 3.46. The van der Waals surface area contributed by atoms with Crippen LogP contribution < -0.4 is 0 Å². The van der Waals surface area contributed by atoms with Crippen molar-refractivity contribution in [2.75, 3.05) is 20.4 Å². The quantitative estimate of drug-likeness (QED) is 0.603. The van der Waals surface area contributed by atoms with Gasteiger partial charge in [-0.2, -0.15) is 0 Å². The Bertz CT molecular complexity index is 542. The third kappa shape index (κ3) is 2.60.